The number of likely N-dealkylation sites (tertiary alicyclic amines) is 1. The zero-order chi connectivity index (χ0) is 17.8. The van der Waals surface area contributed by atoms with Crippen LogP contribution in [0.15, 0.2) is 17.8 Å². The summed E-state index contributed by atoms with van der Waals surface area (Å²) in [6.45, 7) is 4.66. The Morgan fingerprint density at radius 1 is 1.48 bits per heavy atom. The molecule has 8 heteroatoms. The highest BCUT2D eigenvalue weighted by atomic mass is 32.1. The molecule has 0 bridgehead atoms. The average Bonchev–Trinajstić information content (AvgIpc) is 3.25. The van der Waals surface area contributed by atoms with Crippen molar-refractivity contribution in [3.8, 4) is 0 Å². The summed E-state index contributed by atoms with van der Waals surface area (Å²) >= 11 is 1.66. The predicted octanol–water partition coefficient (Wildman–Crippen LogP) is 1.51. The summed E-state index contributed by atoms with van der Waals surface area (Å²) in [4.78, 5) is 18.9. The largest absolute Gasteiger partial charge is 0.383 e. The van der Waals surface area contributed by atoms with Crippen LogP contribution in [0.2, 0.25) is 0 Å². The summed E-state index contributed by atoms with van der Waals surface area (Å²) in [5.74, 6) is 0.399. The van der Waals surface area contributed by atoms with Crippen LogP contribution in [0.25, 0.3) is 0 Å². The number of hydrogen-bond donors (Lipinski definition) is 1. The molecule has 2 aromatic heterocycles. The Hall–Kier alpha value is -1.77. The van der Waals surface area contributed by atoms with Gasteiger partial charge in [0.25, 0.3) is 0 Å². The highest BCUT2D eigenvalue weighted by Gasteiger charge is 2.40. The fourth-order valence-electron chi connectivity index (χ4n) is 3.42. The summed E-state index contributed by atoms with van der Waals surface area (Å²) in [5, 5.41) is 10.9. The summed E-state index contributed by atoms with van der Waals surface area (Å²) in [6.07, 6.45) is 4.41. The van der Waals surface area contributed by atoms with Gasteiger partial charge in [-0.2, -0.15) is 5.10 Å². The fourth-order valence-corrected chi connectivity index (χ4v) is 4.03. The van der Waals surface area contributed by atoms with Crippen LogP contribution >= 0.6 is 11.3 Å². The smallest absolute Gasteiger partial charge is 0.223 e. The number of rotatable bonds is 8. The Morgan fingerprint density at radius 2 is 2.32 bits per heavy atom. The van der Waals surface area contributed by atoms with Crippen LogP contribution in [-0.2, 0) is 23.1 Å². The van der Waals surface area contributed by atoms with Crippen molar-refractivity contribution in [3.63, 3.8) is 0 Å². The molecule has 1 aliphatic heterocycles. The molecule has 2 atom stereocenters. The molecule has 2 aromatic rings. The minimum atomic E-state index is 0.0426. The maximum absolute atomic E-state index is 12.5. The molecule has 25 heavy (non-hydrogen) atoms. The lowest BCUT2D eigenvalue weighted by molar-refractivity contribution is -0.129. The molecule has 3 rings (SSSR count). The Balaban J connectivity index is 1.68. The van der Waals surface area contributed by atoms with E-state index < -0.39 is 0 Å². The molecular weight excluding hydrogens is 338 g/mol. The molecule has 3 heterocycles. The van der Waals surface area contributed by atoms with E-state index in [4.69, 9.17) is 4.74 Å². The van der Waals surface area contributed by atoms with Gasteiger partial charge in [-0.05, 0) is 6.92 Å². The van der Waals surface area contributed by atoms with Gasteiger partial charge in [-0.3, -0.25) is 9.48 Å². The first kappa shape index (κ1) is 18.0. The maximum Gasteiger partial charge on any atom is 0.223 e. The number of carbonyl (C=O) groups is 1. The predicted molar refractivity (Wildman–Crippen MR) is 96.2 cm³/mol. The van der Waals surface area contributed by atoms with Gasteiger partial charge in [-0.1, -0.05) is 0 Å². The molecule has 1 fully saturated rings. The van der Waals surface area contributed by atoms with Crippen molar-refractivity contribution in [3.05, 3.63) is 34.0 Å². The van der Waals surface area contributed by atoms with E-state index in [1.807, 2.05) is 31.3 Å². The number of aromatic nitrogens is 3. The van der Waals surface area contributed by atoms with Crippen molar-refractivity contribution in [2.24, 2.45) is 13.0 Å². The van der Waals surface area contributed by atoms with Gasteiger partial charge in [-0.15, -0.1) is 11.3 Å². The molecule has 1 N–H and O–H groups in total. The third-order valence-corrected chi connectivity index (χ3v) is 5.34. The zero-order valence-electron chi connectivity index (χ0n) is 14.9. The molecule has 1 aliphatic rings. The second kappa shape index (κ2) is 8.07. The second-order valence-electron chi connectivity index (χ2n) is 6.43. The van der Waals surface area contributed by atoms with E-state index in [2.05, 4.69) is 20.8 Å². The Bertz CT molecular complexity index is 713. The minimum absolute atomic E-state index is 0.0426. The first-order chi connectivity index (χ1) is 12.1. The molecule has 0 saturated carbocycles. The van der Waals surface area contributed by atoms with Gasteiger partial charge in [0.1, 0.15) is 0 Å². The fraction of sp³-hybridized carbons (Fsp3) is 0.588. The first-order valence-electron chi connectivity index (χ1n) is 8.47. The van der Waals surface area contributed by atoms with Gasteiger partial charge in [0.2, 0.25) is 5.91 Å². The van der Waals surface area contributed by atoms with Crippen molar-refractivity contribution in [1.29, 1.82) is 0 Å². The van der Waals surface area contributed by atoms with Crippen molar-refractivity contribution in [2.45, 2.75) is 25.9 Å². The van der Waals surface area contributed by atoms with Crippen LogP contribution in [0.3, 0.4) is 0 Å². The van der Waals surface area contributed by atoms with E-state index in [1.54, 1.807) is 23.1 Å². The number of nitrogens with one attached hydrogen (secondary N) is 1. The third-order valence-electron chi connectivity index (χ3n) is 4.52. The first-order valence-corrected chi connectivity index (χ1v) is 9.35. The van der Waals surface area contributed by atoms with E-state index in [1.165, 1.54) is 0 Å². The molecule has 0 radical (unpaired) electrons. The monoisotopic (exact) mass is 363 g/mol. The summed E-state index contributed by atoms with van der Waals surface area (Å²) < 4.78 is 6.97. The molecule has 0 aliphatic carbocycles. The Labute approximate surface area is 152 Å². The third kappa shape index (κ3) is 4.26. The van der Waals surface area contributed by atoms with Crippen LogP contribution in [0, 0.1) is 12.8 Å². The summed E-state index contributed by atoms with van der Waals surface area (Å²) in [6, 6.07) is 0.0426. The van der Waals surface area contributed by atoms with Crippen LogP contribution in [-0.4, -0.2) is 52.4 Å². The number of aryl methyl sites for hydroxylation is 2. The van der Waals surface area contributed by atoms with Crippen LogP contribution in [0.4, 0.5) is 0 Å². The topological polar surface area (TPSA) is 72.3 Å². The highest BCUT2D eigenvalue weighted by Crippen LogP contribution is 2.37. The van der Waals surface area contributed by atoms with Crippen molar-refractivity contribution >= 4 is 17.2 Å². The molecular formula is C17H25N5O2S. The average molecular weight is 363 g/mol. The lowest BCUT2D eigenvalue weighted by Crippen LogP contribution is -2.33. The van der Waals surface area contributed by atoms with Gasteiger partial charge in [0, 0.05) is 63.3 Å². The lowest BCUT2D eigenvalue weighted by Gasteiger charge is -2.27. The maximum atomic E-state index is 12.5. The number of amides is 1. The highest BCUT2D eigenvalue weighted by molar-refractivity contribution is 7.09. The van der Waals surface area contributed by atoms with Crippen LogP contribution < -0.4 is 5.32 Å². The normalized spacial score (nSPS) is 20.6. The molecule has 1 amide bonds. The Morgan fingerprint density at radius 3 is 2.96 bits per heavy atom. The van der Waals surface area contributed by atoms with Gasteiger partial charge >= 0.3 is 0 Å². The van der Waals surface area contributed by atoms with E-state index in [0.717, 1.165) is 29.4 Å². The van der Waals surface area contributed by atoms with Crippen LogP contribution in [0.1, 0.15) is 28.7 Å². The van der Waals surface area contributed by atoms with E-state index in [9.17, 15) is 4.79 Å². The molecule has 0 aromatic carbocycles. The molecule has 0 spiro atoms. The number of ether oxygens (including phenoxy) is 1. The molecule has 0 unspecified atom stereocenters. The minimum Gasteiger partial charge on any atom is -0.383 e. The summed E-state index contributed by atoms with van der Waals surface area (Å²) in [7, 11) is 3.56. The van der Waals surface area contributed by atoms with Gasteiger partial charge in [-0.25, -0.2) is 4.98 Å². The van der Waals surface area contributed by atoms with Crippen LogP contribution in [0.5, 0.6) is 0 Å². The van der Waals surface area contributed by atoms with Crippen molar-refractivity contribution in [2.75, 3.05) is 26.8 Å². The van der Waals surface area contributed by atoms with Gasteiger partial charge in [0.15, 0.2) is 0 Å². The quantitative estimate of drug-likeness (QED) is 0.770. The zero-order valence-corrected chi connectivity index (χ0v) is 15.8. The number of nitrogens with zero attached hydrogens (tertiary/aromatic N) is 4. The molecule has 1 saturated heterocycles. The molecule has 7 nitrogen and oxygen atoms in total. The van der Waals surface area contributed by atoms with E-state index >= 15 is 0 Å². The second-order valence-corrected chi connectivity index (χ2v) is 7.49. The Kier molecular flexibility index (Phi) is 5.82. The van der Waals surface area contributed by atoms with Crippen molar-refractivity contribution < 1.29 is 9.53 Å². The number of hydrogen-bond acceptors (Lipinski definition) is 6. The van der Waals surface area contributed by atoms with Gasteiger partial charge in [0.05, 0.1) is 29.5 Å². The SMILES string of the molecule is COCCN1C(=O)C[C@@H](CNCc2csc(C)n2)[C@@H]1c1cnn(C)c1. The lowest BCUT2D eigenvalue weighted by atomic mass is 9.95. The van der Waals surface area contributed by atoms with Gasteiger partial charge < -0.3 is 15.0 Å². The van der Waals surface area contributed by atoms with E-state index in [-0.39, 0.29) is 17.9 Å². The molecule has 136 valence electrons. The van der Waals surface area contributed by atoms with E-state index in [0.29, 0.717) is 19.6 Å². The number of methoxy groups -OCH3 is 1. The van der Waals surface area contributed by atoms with Crippen molar-refractivity contribution in [1.82, 2.24) is 25.0 Å². The number of carbonyl (C=O) groups excluding carboxylic acids is 1. The number of thiazole rings is 1. The summed E-state index contributed by atoms with van der Waals surface area (Å²) in [5.41, 5.74) is 2.14. The standard InChI is InChI=1S/C17H25N5O2S/c1-12-20-15(11-25-12)9-18-7-13-6-16(23)22(4-5-24-3)17(13)14-8-19-21(2)10-14/h8,10-11,13,17-18H,4-7,9H2,1-3H3/t13-,17+/m0/s1.